The standard InChI is InChI=1S/C10H14F3N3O3S/c1-19-6(3-17)7(13)10(18,4-11)16-2-5(12)8(14)15-9(16)20/h2,6-7,17-18H,3-4H2,1H3,(H2,14,15,20)/t6?,7-,10?/m0/s1. The highest BCUT2D eigenvalue weighted by Gasteiger charge is 2.45. The van der Waals surface area contributed by atoms with E-state index in [-0.39, 0.29) is 0 Å². The van der Waals surface area contributed by atoms with Crippen LogP contribution in [0.5, 0.6) is 0 Å². The van der Waals surface area contributed by atoms with E-state index in [1.807, 2.05) is 0 Å². The predicted octanol–water partition coefficient (Wildman–Crippen LogP) is 0.294. The van der Waals surface area contributed by atoms with Crippen molar-refractivity contribution in [2.24, 2.45) is 0 Å². The molecule has 1 aromatic rings. The van der Waals surface area contributed by atoms with Crippen molar-refractivity contribution >= 4 is 18.0 Å². The topological polar surface area (TPSA) is 93.5 Å². The summed E-state index contributed by atoms with van der Waals surface area (Å²) in [4.78, 5) is 3.36. The van der Waals surface area contributed by atoms with Gasteiger partial charge in [0.2, 0.25) is 10.5 Å². The molecule has 0 aliphatic rings. The first-order valence-corrected chi connectivity index (χ1v) is 5.83. The van der Waals surface area contributed by atoms with Gasteiger partial charge in [-0.15, -0.1) is 0 Å². The Labute approximate surface area is 117 Å². The SMILES string of the molecule is COC(CO)[C@H](F)C(O)(CF)n1cc(F)c(N)nc1=S. The van der Waals surface area contributed by atoms with Gasteiger partial charge in [0.1, 0.15) is 12.8 Å². The number of methoxy groups -OCH3 is 1. The molecule has 6 nitrogen and oxygen atoms in total. The molecular weight excluding hydrogens is 299 g/mol. The van der Waals surface area contributed by atoms with Crippen LogP contribution in [0.3, 0.4) is 0 Å². The second kappa shape index (κ2) is 6.48. The summed E-state index contributed by atoms with van der Waals surface area (Å²) in [5.74, 6) is -1.66. The van der Waals surface area contributed by atoms with Gasteiger partial charge in [-0.1, -0.05) is 0 Å². The van der Waals surface area contributed by atoms with Crippen LogP contribution < -0.4 is 5.73 Å². The molecule has 20 heavy (non-hydrogen) atoms. The number of nitrogens with two attached hydrogens (primary N) is 1. The fourth-order valence-electron chi connectivity index (χ4n) is 1.58. The van der Waals surface area contributed by atoms with Crippen LogP contribution in [0.15, 0.2) is 6.20 Å². The Bertz CT molecular complexity index is 526. The van der Waals surface area contributed by atoms with Crippen LogP contribution >= 0.6 is 12.2 Å². The maximum Gasteiger partial charge on any atom is 0.207 e. The van der Waals surface area contributed by atoms with Crippen LogP contribution in [0, 0.1) is 10.6 Å². The van der Waals surface area contributed by atoms with Crippen LogP contribution in [-0.2, 0) is 10.5 Å². The normalized spacial score (nSPS) is 17.5. The number of rotatable bonds is 6. The van der Waals surface area contributed by atoms with E-state index in [2.05, 4.69) is 9.72 Å². The summed E-state index contributed by atoms with van der Waals surface area (Å²) in [7, 11) is 1.06. The molecule has 0 fully saturated rings. The fraction of sp³-hybridized carbons (Fsp3) is 0.600. The summed E-state index contributed by atoms with van der Waals surface area (Å²) < 4.78 is 45.2. The quantitative estimate of drug-likeness (QED) is 0.654. The Morgan fingerprint density at radius 3 is 2.70 bits per heavy atom. The second-order valence-corrected chi connectivity index (χ2v) is 4.36. The highest BCUT2D eigenvalue weighted by Crippen LogP contribution is 2.26. The van der Waals surface area contributed by atoms with E-state index in [1.54, 1.807) is 0 Å². The van der Waals surface area contributed by atoms with E-state index in [9.17, 15) is 18.3 Å². The van der Waals surface area contributed by atoms with Crippen LogP contribution in [-0.4, -0.2) is 52.4 Å². The Morgan fingerprint density at radius 2 is 2.25 bits per heavy atom. The van der Waals surface area contributed by atoms with Crippen molar-refractivity contribution in [3.8, 4) is 0 Å². The van der Waals surface area contributed by atoms with Gasteiger partial charge in [0.15, 0.2) is 17.8 Å². The first kappa shape index (κ1) is 16.8. The Hall–Kier alpha value is -1.23. The predicted molar refractivity (Wildman–Crippen MR) is 66.4 cm³/mol. The highest BCUT2D eigenvalue weighted by atomic mass is 32.1. The lowest BCUT2D eigenvalue weighted by Gasteiger charge is -2.34. The first-order chi connectivity index (χ1) is 9.31. The van der Waals surface area contributed by atoms with Crippen LogP contribution in [0.4, 0.5) is 19.0 Å². The number of aliphatic hydroxyl groups excluding tert-OH is 1. The molecule has 4 N–H and O–H groups in total. The molecule has 1 heterocycles. The molecule has 0 amide bonds. The molecule has 0 radical (unpaired) electrons. The molecule has 0 aliphatic carbocycles. The minimum Gasteiger partial charge on any atom is -0.394 e. The molecule has 1 aromatic heterocycles. The zero-order valence-corrected chi connectivity index (χ0v) is 11.3. The lowest BCUT2D eigenvalue weighted by Crippen LogP contribution is -2.52. The zero-order chi connectivity index (χ0) is 15.5. The van der Waals surface area contributed by atoms with Crippen LogP contribution in [0.25, 0.3) is 0 Å². The van der Waals surface area contributed by atoms with E-state index < -0.39 is 47.7 Å². The number of aromatic nitrogens is 2. The van der Waals surface area contributed by atoms with E-state index in [0.29, 0.717) is 10.8 Å². The number of alkyl halides is 2. The molecule has 10 heteroatoms. The monoisotopic (exact) mass is 313 g/mol. The van der Waals surface area contributed by atoms with E-state index in [1.165, 1.54) is 0 Å². The molecule has 0 saturated carbocycles. The van der Waals surface area contributed by atoms with Gasteiger partial charge < -0.3 is 20.7 Å². The van der Waals surface area contributed by atoms with Gasteiger partial charge in [-0.2, -0.15) is 4.98 Å². The lowest BCUT2D eigenvalue weighted by molar-refractivity contribution is -0.166. The summed E-state index contributed by atoms with van der Waals surface area (Å²) in [6, 6.07) is 0. The van der Waals surface area contributed by atoms with Gasteiger partial charge in [-0.3, -0.25) is 4.57 Å². The Balaban J connectivity index is 3.37. The minimum absolute atomic E-state index is 0.403. The van der Waals surface area contributed by atoms with Crippen molar-refractivity contribution in [1.82, 2.24) is 9.55 Å². The largest absolute Gasteiger partial charge is 0.394 e. The molecule has 2 unspecified atom stereocenters. The van der Waals surface area contributed by atoms with Crippen molar-refractivity contribution in [3.63, 3.8) is 0 Å². The average Bonchev–Trinajstić information content (AvgIpc) is 2.43. The summed E-state index contributed by atoms with van der Waals surface area (Å²) in [5.41, 5.74) is 2.29. The van der Waals surface area contributed by atoms with E-state index in [0.717, 1.165) is 7.11 Å². The second-order valence-electron chi connectivity index (χ2n) is 4.00. The Morgan fingerprint density at radius 1 is 1.65 bits per heavy atom. The maximum absolute atomic E-state index is 14.2. The van der Waals surface area contributed by atoms with Crippen LogP contribution in [0.2, 0.25) is 0 Å². The third-order valence-corrected chi connectivity index (χ3v) is 3.06. The van der Waals surface area contributed by atoms with Gasteiger partial charge in [0.25, 0.3) is 0 Å². The van der Waals surface area contributed by atoms with E-state index in [4.69, 9.17) is 23.1 Å². The Kier molecular flexibility index (Phi) is 5.45. The number of hydrogen-bond acceptors (Lipinski definition) is 6. The molecule has 114 valence electrons. The lowest BCUT2D eigenvalue weighted by atomic mass is 10.0. The van der Waals surface area contributed by atoms with Crippen molar-refractivity contribution in [2.75, 3.05) is 26.1 Å². The number of aliphatic hydroxyl groups is 2. The van der Waals surface area contributed by atoms with Gasteiger partial charge in [-0.25, -0.2) is 13.2 Å². The molecule has 0 aliphatic heterocycles. The third kappa shape index (κ3) is 2.92. The zero-order valence-electron chi connectivity index (χ0n) is 10.5. The molecule has 0 saturated heterocycles. The summed E-state index contributed by atoms with van der Waals surface area (Å²) >= 11 is 4.70. The van der Waals surface area contributed by atoms with Crippen molar-refractivity contribution in [2.45, 2.75) is 18.0 Å². The summed E-state index contributed by atoms with van der Waals surface area (Å²) in [6.45, 7) is -2.47. The van der Waals surface area contributed by atoms with Gasteiger partial charge in [-0.05, 0) is 12.2 Å². The molecular formula is C10H14F3N3O3S. The fourth-order valence-corrected chi connectivity index (χ4v) is 1.89. The molecule has 1 rings (SSSR count). The number of nitrogens with zero attached hydrogens (tertiary/aromatic N) is 2. The summed E-state index contributed by atoms with van der Waals surface area (Å²) in [6.07, 6.45) is -3.40. The number of hydrogen-bond donors (Lipinski definition) is 3. The van der Waals surface area contributed by atoms with Crippen LogP contribution in [0.1, 0.15) is 0 Å². The molecule has 0 spiro atoms. The molecule has 0 bridgehead atoms. The van der Waals surface area contributed by atoms with Gasteiger partial charge in [0, 0.05) is 13.3 Å². The number of ether oxygens (including phenoxy) is 1. The van der Waals surface area contributed by atoms with Crippen molar-refractivity contribution in [3.05, 3.63) is 16.8 Å². The maximum atomic E-state index is 14.2. The minimum atomic E-state index is -2.87. The number of anilines is 1. The van der Waals surface area contributed by atoms with Crippen molar-refractivity contribution in [1.29, 1.82) is 0 Å². The molecule has 3 atom stereocenters. The summed E-state index contributed by atoms with van der Waals surface area (Å²) in [5, 5.41) is 19.0. The smallest absolute Gasteiger partial charge is 0.207 e. The van der Waals surface area contributed by atoms with Gasteiger partial charge in [0.05, 0.1) is 6.61 Å². The van der Waals surface area contributed by atoms with Crippen molar-refractivity contribution < 1.29 is 28.1 Å². The average molecular weight is 313 g/mol. The number of nitrogen functional groups attached to an aromatic ring is 1. The highest BCUT2D eigenvalue weighted by molar-refractivity contribution is 7.71. The first-order valence-electron chi connectivity index (χ1n) is 5.43. The van der Waals surface area contributed by atoms with E-state index >= 15 is 0 Å². The van der Waals surface area contributed by atoms with Gasteiger partial charge >= 0.3 is 0 Å². The number of halogens is 3. The third-order valence-electron chi connectivity index (χ3n) is 2.77. The molecule has 0 aromatic carbocycles.